The first-order chi connectivity index (χ1) is 67.4. The number of benzene rings is 6. The number of halogens is 2. The fraction of sp³-hybridized carbons (Fsp3) is 0.394. The summed E-state index contributed by atoms with van der Waals surface area (Å²) in [4.78, 5) is 83.5. The summed E-state index contributed by atoms with van der Waals surface area (Å²) in [6, 6.07) is 56.1. The van der Waals surface area contributed by atoms with E-state index in [-0.39, 0.29) is 68.8 Å². The summed E-state index contributed by atoms with van der Waals surface area (Å²) in [6.07, 6.45) is 6.99. The van der Waals surface area contributed by atoms with Gasteiger partial charge in [0.1, 0.15) is 54.0 Å². The number of phenols is 1. The van der Waals surface area contributed by atoms with Crippen molar-refractivity contribution in [3.8, 4) is 46.2 Å². The molecule has 4 fully saturated rings. The third-order valence-corrected chi connectivity index (χ3v) is 23.8. The first-order valence-corrected chi connectivity index (χ1v) is 48.4. The minimum atomic E-state index is -1.50. The Kier molecular flexibility index (Phi) is 37.2. The number of carboxylic acid groups (broad SMARTS) is 1. The highest BCUT2D eigenvalue weighted by Crippen LogP contribution is 2.37. The molecule has 2 atom stereocenters. The summed E-state index contributed by atoms with van der Waals surface area (Å²) in [5, 5.41) is 77.7. The van der Waals surface area contributed by atoms with Crippen LogP contribution < -0.4 is 50.6 Å². The number of anilines is 6. The van der Waals surface area contributed by atoms with Gasteiger partial charge in [0.15, 0.2) is 45.2 Å². The summed E-state index contributed by atoms with van der Waals surface area (Å²) < 4.78 is 43.6. The van der Waals surface area contributed by atoms with Crippen LogP contribution in [0.15, 0.2) is 216 Å². The fourth-order valence-corrected chi connectivity index (χ4v) is 15.5. The molecule has 12 heterocycles. The zero-order valence-corrected chi connectivity index (χ0v) is 83.3. The quantitative estimate of drug-likeness (QED) is 0.0269. The molecule has 4 aliphatic heterocycles. The molecule has 11 N–H and O–H groups in total. The van der Waals surface area contributed by atoms with E-state index in [1.165, 1.54) is 38.3 Å². The summed E-state index contributed by atoms with van der Waals surface area (Å²) in [6.45, 7) is 30.2. The SMILES string of the molecule is CC(C(=O)N1CCN(c2ccc(OCCO)cc2)CC1)(c1ccccc1)n1ncc2c1nc(N)n1nc(-c3ccco3)nc21.CC(C(=O)O)(c1ccccc1)n1ncc2c1nc(N)n1nc(-c3ccco3)nc21.CC(C)(C)OC(=O)N1CCN(c2ccc(O)cc2)CC1.CC(C)(C)OC(=O)N1CCN(c2ccc(OCCO)cc2)CC1.CCCBr.OCCBr.OCCOc1ccc(N2CCNCC2)cc1. The minimum Gasteiger partial charge on any atom is -0.508 e. The maximum atomic E-state index is 14.6. The van der Waals surface area contributed by atoms with Crippen molar-refractivity contribution in [3.05, 3.63) is 218 Å². The van der Waals surface area contributed by atoms with E-state index in [1.54, 1.807) is 94.5 Å². The van der Waals surface area contributed by atoms with Crippen LogP contribution in [0.4, 0.5) is 44.2 Å². The number of nitrogen functional groups attached to an aromatic ring is 2. The van der Waals surface area contributed by atoms with Crippen LogP contribution in [0.2, 0.25) is 0 Å². The molecule has 746 valence electrons. The number of amides is 3. The van der Waals surface area contributed by atoms with Gasteiger partial charge in [-0.05, 0) is 194 Å². The van der Waals surface area contributed by atoms with Gasteiger partial charge in [-0.2, -0.15) is 29.2 Å². The number of furan rings is 2. The van der Waals surface area contributed by atoms with Crippen LogP contribution in [0.5, 0.6) is 23.0 Å². The smallest absolute Gasteiger partial charge is 0.410 e. The van der Waals surface area contributed by atoms with Crippen molar-refractivity contribution in [1.29, 1.82) is 0 Å². The van der Waals surface area contributed by atoms with E-state index in [2.05, 4.69) is 111 Å². The van der Waals surface area contributed by atoms with Gasteiger partial charge in [-0.25, -0.2) is 33.7 Å². The number of aliphatic hydroxyl groups excluding tert-OH is 4. The molecule has 14 aromatic rings. The Morgan fingerprint density at radius 2 is 0.757 bits per heavy atom. The summed E-state index contributed by atoms with van der Waals surface area (Å²) in [5.41, 5.74) is 16.2. The highest BCUT2D eigenvalue weighted by Gasteiger charge is 2.45. The number of nitrogens with zero attached hydrogens (tertiary/aromatic N) is 19. The number of piperazine rings is 4. The van der Waals surface area contributed by atoms with Gasteiger partial charge in [0.05, 0.1) is 62.1 Å². The number of aliphatic hydroxyl groups is 4. The molecular formula is C99H124Br2N22O17. The number of ether oxygens (including phenoxy) is 5. The molecule has 8 aromatic heterocycles. The van der Waals surface area contributed by atoms with E-state index in [9.17, 15) is 29.4 Å². The lowest BCUT2D eigenvalue weighted by Crippen LogP contribution is -2.56. The lowest BCUT2D eigenvalue weighted by molar-refractivity contribution is -0.144. The molecule has 39 nitrogen and oxygen atoms in total. The van der Waals surface area contributed by atoms with Crippen molar-refractivity contribution >= 4 is 124 Å². The minimum absolute atomic E-state index is 0.00831. The standard InChI is InChI=1S/C31H31N9O4.C19H15N7O3.C17H26N2O4.C15H22N2O3.C12H18N2O2.C3H7Br.C2H5BrO/c1-31(21-6-3-2-4-7-21,29(42)38-15-13-37(14-16-38)22-9-11-23(12-10-22)43-19-17-41)40-28-24(20-33-40)27-34-26(25-8-5-18-44-25)36-39(27)30(32)35-28;1-19(17(27)28,11-6-3-2-4-7-11)26-16-12(10-21-26)15-22-14(13-8-5-9-29-13)24-25(15)18(20)23-16;1-17(2,3)23-16(21)19-10-8-18(9-11-19)14-4-6-15(7-5-14)22-13-12-20;1-15(2,3)20-14(19)17-10-8-16(9-11-17)12-4-6-13(18)7-5-12;15-9-10-16-12-3-1-11(2-4-12)14-7-5-13-6-8-14;1-2-3-4;3-1-2-4/h2-12,18,20,41H,13-17,19H2,1H3,(H2,32,35);2-10H,1H3,(H2,20,23)(H,27,28);4-7,20H,8-13H2,1-3H3;4-7,18H,8-11H2,1-3H3;1-4,13,15H,5-10H2;2-3H2,1H3;4H,1-2H2. The molecule has 4 aliphatic rings. The maximum Gasteiger partial charge on any atom is 0.410 e. The third-order valence-electron chi connectivity index (χ3n) is 22.6. The maximum absolute atomic E-state index is 14.6. The van der Waals surface area contributed by atoms with E-state index in [1.807, 2.05) is 163 Å². The second-order valence-electron chi connectivity index (χ2n) is 34.7. The van der Waals surface area contributed by atoms with Crippen molar-refractivity contribution in [3.63, 3.8) is 0 Å². The molecule has 0 spiro atoms. The van der Waals surface area contributed by atoms with Crippen LogP contribution in [-0.2, 0) is 30.1 Å². The summed E-state index contributed by atoms with van der Waals surface area (Å²) >= 11 is 6.25. The van der Waals surface area contributed by atoms with E-state index < -0.39 is 28.2 Å². The number of aromatic nitrogens is 12. The predicted molar refractivity (Wildman–Crippen MR) is 542 cm³/mol. The van der Waals surface area contributed by atoms with Crippen LogP contribution in [0.25, 0.3) is 56.5 Å². The number of nitrogens with two attached hydrogens (primary N) is 2. The van der Waals surface area contributed by atoms with Crippen molar-refractivity contribution in [2.24, 2.45) is 0 Å². The molecule has 0 aliphatic carbocycles. The van der Waals surface area contributed by atoms with E-state index in [0.29, 0.717) is 139 Å². The van der Waals surface area contributed by atoms with Crippen molar-refractivity contribution in [1.82, 2.24) is 78.7 Å². The number of rotatable bonds is 23. The van der Waals surface area contributed by atoms with Crippen molar-refractivity contribution < 1.29 is 82.3 Å². The van der Waals surface area contributed by atoms with E-state index >= 15 is 0 Å². The van der Waals surface area contributed by atoms with Crippen LogP contribution in [0.3, 0.4) is 0 Å². The zero-order valence-electron chi connectivity index (χ0n) is 80.1. The van der Waals surface area contributed by atoms with Gasteiger partial charge in [-0.3, -0.25) is 4.79 Å². The first-order valence-electron chi connectivity index (χ1n) is 46.2. The van der Waals surface area contributed by atoms with Gasteiger partial charge in [0, 0.05) is 138 Å². The molecule has 2 unspecified atom stereocenters. The Bertz CT molecular complexity index is 6190. The topological polar surface area (TPSA) is 471 Å². The molecule has 4 saturated heterocycles. The number of aromatic hydroxyl groups is 1. The molecule has 140 heavy (non-hydrogen) atoms. The normalized spacial score (nSPS) is 14.7. The molecule has 6 aromatic carbocycles. The largest absolute Gasteiger partial charge is 0.508 e. The van der Waals surface area contributed by atoms with Crippen LogP contribution >= 0.6 is 31.9 Å². The number of carboxylic acids is 1. The molecular weight excluding hydrogens is 1930 g/mol. The average Bonchev–Trinajstić information content (AvgIpc) is 1.57. The Hall–Kier alpha value is -13.8. The van der Waals surface area contributed by atoms with Gasteiger partial charge in [0.2, 0.25) is 23.5 Å². The Balaban J connectivity index is 0.000000160. The molecule has 0 radical (unpaired) electrons. The first kappa shape index (κ1) is 105. The van der Waals surface area contributed by atoms with Crippen molar-refractivity contribution in [2.45, 2.75) is 91.0 Å². The van der Waals surface area contributed by atoms with Crippen LogP contribution in [0.1, 0.15) is 79.9 Å². The monoisotopic (exact) mass is 2050 g/mol. The number of aliphatic carboxylic acids is 1. The average molecular weight is 2050 g/mol. The van der Waals surface area contributed by atoms with Gasteiger partial charge >= 0.3 is 18.2 Å². The lowest BCUT2D eigenvalue weighted by atomic mass is 9.90. The lowest BCUT2D eigenvalue weighted by Gasteiger charge is -2.40. The molecule has 0 saturated carbocycles. The number of carbonyl (C=O) groups is 4. The second-order valence-corrected chi connectivity index (χ2v) is 36.3. The van der Waals surface area contributed by atoms with Gasteiger partial charge in [-0.15, -0.1) is 10.2 Å². The number of hydrogen-bond donors (Lipinski definition) is 9. The molecule has 0 bridgehead atoms. The number of hydrogen-bond acceptors (Lipinski definition) is 31. The van der Waals surface area contributed by atoms with Gasteiger partial charge in [-0.1, -0.05) is 99.4 Å². The Morgan fingerprint density at radius 1 is 0.421 bits per heavy atom. The second kappa shape index (κ2) is 49.6. The number of phenolic OH excluding ortho intramolecular Hbond substituents is 1. The van der Waals surface area contributed by atoms with Crippen LogP contribution in [-0.4, -0.2) is 301 Å². The summed E-state index contributed by atoms with van der Waals surface area (Å²) in [5.74, 6) is 3.22. The highest BCUT2D eigenvalue weighted by molar-refractivity contribution is 9.09. The molecule has 41 heteroatoms. The van der Waals surface area contributed by atoms with E-state index in [4.69, 9.17) is 69.5 Å². The number of alkyl halides is 2. The highest BCUT2D eigenvalue weighted by atomic mass is 79.9. The fourth-order valence-electron chi connectivity index (χ4n) is 15.5. The van der Waals surface area contributed by atoms with Gasteiger partial charge < -0.3 is 114 Å². The number of nitrogens with one attached hydrogen (secondary N) is 1. The molecule has 3 amide bonds. The Morgan fingerprint density at radius 3 is 1.08 bits per heavy atom. The van der Waals surface area contributed by atoms with Crippen LogP contribution in [0, 0.1) is 0 Å². The Labute approximate surface area is 828 Å². The van der Waals surface area contributed by atoms with Gasteiger partial charge in [0.25, 0.3) is 5.91 Å². The molecule has 18 rings (SSSR count). The van der Waals surface area contributed by atoms with Crippen molar-refractivity contribution in [2.75, 3.05) is 193 Å². The number of carbonyl (C=O) groups excluding carboxylic acids is 3. The predicted octanol–water partition coefficient (Wildman–Crippen LogP) is 12.2. The third kappa shape index (κ3) is 27.0. The zero-order chi connectivity index (χ0) is 100. The van der Waals surface area contributed by atoms with E-state index in [0.717, 1.165) is 91.8 Å². The number of fused-ring (bicyclic) bond motifs is 6. The summed E-state index contributed by atoms with van der Waals surface area (Å²) in [7, 11) is 0.